The van der Waals surface area contributed by atoms with Crippen LogP contribution in [-0.2, 0) is 20.9 Å². The van der Waals surface area contributed by atoms with Crippen molar-refractivity contribution < 1.29 is 14.3 Å². The van der Waals surface area contributed by atoms with E-state index in [-0.39, 0.29) is 23.8 Å². The van der Waals surface area contributed by atoms with Gasteiger partial charge in [-0.25, -0.2) is 0 Å². The third kappa shape index (κ3) is 4.56. The number of amides is 2. The van der Waals surface area contributed by atoms with Gasteiger partial charge in [-0.2, -0.15) is 0 Å². The lowest BCUT2D eigenvalue weighted by Gasteiger charge is -2.11. The molecule has 0 saturated carbocycles. The van der Waals surface area contributed by atoms with E-state index in [9.17, 15) is 9.59 Å². The second-order valence-corrected chi connectivity index (χ2v) is 5.56. The molecule has 0 unspecified atom stereocenters. The van der Waals surface area contributed by atoms with E-state index in [2.05, 4.69) is 10.6 Å². The van der Waals surface area contributed by atoms with Crippen LogP contribution >= 0.6 is 0 Å². The highest BCUT2D eigenvalue weighted by atomic mass is 16.5. The van der Waals surface area contributed by atoms with Crippen molar-refractivity contribution in [2.24, 2.45) is 5.92 Å². The standard InChI is InChI=1S/C16H22N2O3/c1-11(2)15(19)18-13-7-5-12(6-8-13)10-17-16(20)14-4-3-9-21-14/h5-8,11,14H,3-4,9-10H2,1-2H3,(H,17,20)(H,18,19)/t14-/m1/s1. The Morgan fingerprint density at radius 3 is 2.57 bits per heavy atom. The molecule has 2 N–H and O–H groups in total. The smallest absolute Gasteiger partial charge is 0.249 e. The number of rotatable bonds is 5. The number of carbonyl (C=O) groups excluding carboxylic acids is 2. The Morgan fingerprint density at radius 2 is 2.00 bits per heavy atom. The molecule has 1 atom stereocenters. The van der Waals surface area contributed by atoms with E-state index in [1.54, 1.807) is 0 Å². The van der Waals surface area contributed by atoms with Crippen LogP contribution in [0.15, 0.2) is 24.3 Å². The highest BCUT2D eigenvalue weighted by molar-refractivity contribution is 5.92. The van der Waals surface area contributed by atoms with E-state index in [4.69, 9.17) is 4.74 Å². The second-order valence-electron chi connectivity index (χ2n) is 5.56. The Bertz CT molecular complexity index is 491. The average molecular weight is 290 g/mol. The van der Waals surface area contributed by atoms with Crippen LogP contribution in [-0.4, -0.2) is 24.5 Å². The van der Waals surface area contributed by atoms with Crippen molar-refractivity contribution in [3.05, 3.63) is 29.8 Å². The lowest BCUT2D eigenvalue weighted by atomic mass is 10.1. The number of hydrogen-bond acceptors (Lipinski definition) is 3. The molecule has 114 valence electrons. The number of nitrogens with one attached hydrogen (secondary N) is 2. The minimum atomic E-state index is -0.297. The average Bonchev–Trinajstić information content (AvgIpc) is 3.00. The van der Waals surface area contributed by atoms with Gasteiger partial charge >= 0.3 is 0 Å². The molecule has 1 aromatic carbocycles. The van der Waals surface area contributed by atoms with E-state index < -0.39 is 0 Å². The zero-order valence-electron chi connectivity index (χ0n) is 12.5. The molecule has 1 aliphatic rings. The number of benzene rings is 1. The fourth-order valence-electron chi connectivity index (χ4n) is 2.08. The number of anilines is 1. The maximum Gasteiger partial charge on any atom is 0.249 e. The largest absolute Gasteiger partial charge is 0.368 e. The third-order valence-corrected chi connectivity index (χ3v) is 3.43. The summed E-state index contributed by atoms with van der Waals surface area (Å²) >= 11 is 0. The summed E-state index contributed by atoms with van der Waals surface area (Å²) in [7, 11) is 0. The molecule has 1 fully saturated rings. The van der Waals surface area contributed by atoms with Crippen molar-refractivity contribution in [1.29, 1.82) is 0 Å². The Hall–Kier alpha value is -1.88. The van der Waals surface area contributed by atoms with Crippen LogP contribution in [0.4, 0.5) is 5.69 Å². The molecule has 0 aliphatic carbocycles. The first-order chi connectivity index (χ1) is 10.1. The molecule has 0 bridgehead atoms. The van der Waals surface area contributed by atoms with Gasteiger partial charge in [-0.3, -0.25) is 9.59 Å². The maximum absolute atomic E-state index is 11.8. The van der Waals surface area contributed by atoms with Gasteiger partial charge in [0.1, 0.15) is 6.10 Å². The molecule has 5 heteroatoms. The molecule has 21 heavy (non-hydrogen) atoms. The Balaban J connectivity index is 1.82. The van der Waals surface area contributed by atoms with Crippen LogP contribution in [0.1, 0.15) is 32.3 Å². The quantitative estimate of drug-likeness (QED) is 0.872. The summed E-state index contributed by atoms with van der Waals surface area (Å²) in [6.07, 6.45) is 1.45. The Kier molecular flexibility index (Phi) is 5.33. The molecular formula is C16H22N2O3. The van der Waals surface area contributed by atoms with Crippen LogP contribution in [0, 0.1) is 5.92 Å². The predicted octanol–water partition coefficient (Wildman–Crippen LogP) is 2.08. The first-order valence-corrected chi connectivity index (χ1v) is 7.35. The first kappa shape index (κ1) is 15.5. The lowest BCUT2D eigenvalue weighted by molar-refractivity contribution is -0.130. The highest BCUT2D eigenvalue weighted by Crippen LogP contribution is 2.13. The molecule has 2 rings (SSSR count). The minimum absolute atomic E-state index is 0.00515. The van der Waals surface area contributed by atoms with Crippen molar-refractivity contribution in [1.82, 2.24) is 5.32 Å². The Morgan fingerprint density at radius 1 is 1.29 bits per heavy atom. The van der Waals surface area contributed by atoms with E-state index >= 15 is 0 Å². The van der Waals surface area contributed by atoms with E-state index in [1.165, 1.54) is 0 Å². The van der Waals surface area contributed by atoms with Crippen molar-refractivity contribution >= 4 is 17.5 Å². The number of hydrogen-bond donors (Lipinski definition) is 2. The van der Waals surface area contributed by atoms with Crippen molar-refractivity contribution in [2.75, 3.05) is 11.9 Å². The minimum Gasteiger partial charge on any atom is -0.368 e. The summed E-state index contributed by atoms with van der Waals surface area (Å²) in [5.74, 6) is -0.102. The van der Waals surface area contributed by atoms with Crippen LogP contribution in [0.2, 0.25) is 0 Å². The zero-order chi connectivity index (χ0) is 15.2. The lowest BCUT2D eigenvalue weighted by Crippen LogP contribution is -2.33. The van der Waals surface area contributed by atoms with Gasteiger partial charge in [0.2, 0.25) is 11.8 Å². The van der Waals surface area contributed by atoms with E-state index in [1.807, 2.05) is 38.1 Å². The topological polar surface area (TPSA) is 67.4 Å². The summed E-state index contributed by atoms with van der Waals surface area (Å²) in [5, 5.41) is 5.70. The summed E-state index contributed by atoms with van der Waals surface area (Å²) in [6, 6.07) is 7.47. The SMILES string of the molecule is CC(C)C(=O)Nc1ccc(CNC(=O)[C@H]2CCCO2)cc1. The van der Waals surface area contributed by atoms with Crippen LogP contribution in [0.25, 0.3) is 0 Å². The fourth-order valence-corrected chi connectivity index (χ4v) is 2.08. The van der Waals surface area contributed by atoms with Gasteiger partial charge in [-0.15, -0.1) is 0 Å². The molecule has 0 radical (unpaired) electrons. The van der Waals surface area contributed by atoms with Crippen molar-refractivity contribution in [3.8, 4) is 0 Å². The van der Waals surface area contributed by atoms with E-state index in [0.717, 1.165) is 24.1 Å². The summed E-state index contributed by atoms with van der Waals surface area (Å²) < 4.78 is 5.33. The van der Waals surface area contributed by atoms with Crippen LogP contribution in [0.5, 0.6) is 0 Å². The van der Waals surface area contributed by atoms with Gasteiger partial charge in [-0.1, -0.05) is 26.0 Å². The van der Waals surface area contributed by atoms with Gasteiger partial charge in [0.25, 0.3) is 0 Å². The molecule has 5 nitrogen and oxygen atoms in total. The number of carbonyl (C=O) groups is 2. The molecule has 0 aromatic heterocycles. The highest BCUT2D eigenvalue weighted by Gasteiger charge is 2.22. The normalized spacial score (nSPS) is 17.8. The molecule has 1 aromatic rings. The predicted molar refractivity (Wildman–Crippen MR) is 80.7 cm³/mol. The Labute approximate surface area is 125 Å². The molecular weight excluding hydrogens is 268 g/mol. The first-order valence-electron chi connectivity index (χ1n) is 7.35. The second kappa shape index (κ2) is 7.22. The van der Waals surface area contributed by atoms with Gasteiger partial charge in [0.05, 0.1) is 0 Å². The monoisotopic (exact) mass is 290 g/mol. The summed E-state index contributed by atoms with van der Waals surface area (Å²) in [4.78, 5) is 23.4. The van der Waals surface area contributed by atoms with Crippen molar-refractivity contribution in [2.45, 2.75) is 39.3 Å². The van der Waals surface area contributed by atoms with Gasteiger partial charge < -0.3 is 15.4 Å². The summed E-state index contributed by atoms with van der Waals surface area (Å²) in [5.41, 5.74) is 1.76. The van der Waals surface area contributed by atoms with Crippen LogP contribution < -0.4 is 10.6 Å². The van der Waals surface area contributed by atoms with E-state index in [0.29, 0.717) is 13.2 Å². The van der Waals surface area contributed by atoms with Crippen molar-refractivity contribution in [3.63, 3.8) is 0 Å². The third-order valence-electron chi connectivity index (χ3n) is 3.43. The zero-order valence-corrected chi connectivity index (χ0v) is 12.5. The fraction of sp³-hybridized carbons (Fsp3) is 0.500. The molecule has 1 aliphatic heterocycles. The molecule has 0 spiro atoms. The molecule has 2 amide bonds. The van der Waals surface area contributed by atoms with Gasteiger partial charge in [0, 0.05) is 24.8 Å². The summed E-state index contributed by atoms with van der Waals surface area (Å²) in [6.45, 7) is 4.84. The molecule has 1 saturated heterocycles. The van der Waals surface area contributed by atoms with Gasteiger partial charge in [-0.05, 0) is 30.5 Å². The maximum atomic E-state index is 11.8. The van der Waals surface area contributed by atoms with Crippen LogP contribution in [0.3, 0.4) is 0 Å². The van der Waals surface area contributed by atoms with Gasteiger partial charge in [0.15, 0.2) is 0 Å². The number of ether oxygens (including phenoxy) is 1. The molecule has 1 heterocycles.